The maximum absolute atomic E-state index is 11.2. The molecule has 0 aromatic carbocycles. The number of aliphatic imine (C=N–C) groups is 1. The lowest BCUT2D eigenvalue weighted by Gasteiger charge is -2.07. The molecule has 0 spiro atoms. The number of ether oxygens (including phenoxy) is 1. The first kappa shape index (κ1) is 11.7. The smallest absolute Gasteiger partial charge is 0.244 e. The van der Waals surface area contributed by atoms with Gasteiger partial charge in [-0.05, 0) is 6.92 Å². The standard InChI is InChI=1S/C7H16N4O2/c1-5(11-7(8)9)6(12)10-3-4-13-2/h5H,3-4H2,1-2H3,(H,10,12)(H4,8,9,11). The molecule has 0 rings (SSSR count). The van der Waals surface area contributed by atoms with Gasteiger partial charge in [0, 0.05) is 13.7 Å². The van der Waals surface area contributed by atoms with E-state index in [1.165, 1.54) is 0 Å². The second-order valence-electron chi connectivity index (χ2n) is 2.51. The normalized spacial score (nSPS) is 11.8. The van der Waals surface area contributed by atoms with Gasteiger partial charge in [0.1, 0.15) is 6.04 Å². The number of nitrogens with zero attached hydrogens (tertiary/aromatic N) is 1. The van der Waals surface area contributed by atoms with Gasteiger partial charge in [0.25, 0.3) is 0 Å². The fraction of sp³-hybridized carbons (Fsp3) is 0.714. The third-order valence-corrected chi connectivity index (χ3v) is 1.33. The van der Waals surface area contributed by atoms with E-state index in [-0.39, 0.29) is 11.9 Å². The molecule has 1 atom stereocenters. The second-order valence-corrected chi connectivity index (χ2v) is 2.51. The third kappa shape index (κ3) is 5.92. The van der Waals surface area contributed by atoms with Crippen LogP contribution in [0.25, 0.3) is 0 Å². The van der Waals surface area contributed by atoms with Crippen molar-refractivity contribution >= 4 is 11.9 Å². The van der Waals surface area contributed by atoms with Gasteiger partial charge >= 0.3 is 0 Å². The van der Waals surface area contributed by atoms with E-state index < -0.39 is 6.04 Å². The van der Waals surface area contributed by atoms with E-state index in [2.05, 4.69) is 10.3 Å². The molecule has 0 aliphatic carbocycles. The summed E-state index contributed by atoms with van der Waals surface area (Å²) in [5.41, 5.74) is 10.2. The lowest BCUT2D eigenvalue weighted by Crippen LogP contribution is -2.36. The Morgan fingerprint density at radius 1 is 1.62 bits per heavy atom. The SMILES string of the molecule is COCCNC(=O)C(C)N=C(N)N. The second kappa shape index (κ2) is 6.24. The van der Waals surface area contributed by atoms with E-state index in [4.69, 9.17) is 16.2 Å². The van der Waals surface area contributed by atoms with Crippen molar-refractivity contribution in [2.75, 3.05) is 20.3 Å². The van der Waals surface area contributed by atoms with Crippen LogP contribution in [0.15, 0.2) is 4.99 Å². The predicted octanol–water partition coefficient (Wildman–Crippen LogP) is -1.59. The number of methoxy groups -OCH3 is 1. The van der Waals surface area contributed by atoms with Crippen molar-refractivity contribution in [1.82, 2.24) is 5.32 Å². The summed E-state index contributed by atoms with van der Waals surface area (Å²) in [7, 11) is 1.56. The number of carbonyl (C=O) groups excluding carboxylic acids is 1. The number of hydrogen-bond donors (Lipinski definition) is 3. The number of hydrogen-bond acceptors (Lipinski definition) is 3. The zero-order chi connectivity index (χ0) is 10.3. The third-order valence-electron chi connectivity index (χ3n) is 1.33. The molecule has 0 radical (unpaired) electrons. The number of amides is 1. The van der Waals surface area contributed by atoms with Crippen molar-refractivity contribution in [3.63, 3.8) is 0 Å². The molecule has 0 aliphatic rings. The molecule has 0 aliphatic heterocycles. The fourth-order valence-corrected chi connectivity index (χ4v) is 0.706. The molecule has 76 valence electrons. The number of nitrogens with two attached hydrogens (primary N) is 2. The topological polar surface area (TPSA) is 103 Å². The van der Waals surface area contributed by atoms with Gasteiger partial charge in [-0.2, -0.15) is 0 Å². The maximum Gasteiger partial charge on any atom is 0.244 e. The summed E-state index contributed by atoms with van der Waals surface area (Å²) in [4.78, 5) is 14.8. The molecule has 0 bridgehead atoms. The molecular formula is C7H16N4O2. The Balaban J connectivity index is 3.76. The average molecular weight is 188 g/mol. The summed E-state index contributed by atoms with van der Waals surface area (Å²) in [5.74, 6) is -0.306. The molecule has 5 N–H and O–H groups in total. The summed E-state index contributed by atoms with van der Waals surface area (Å²) in [6, 6.07) is -0.554. The molecule has 1 amide bonds. The average Bonchev–Trinajstić information content (AvgIpc) is 2.03. The summed E-state index contributed by atoms with van der Waals surface area (Å²) in [6.07, 6.45) is 0. The van der Waals surface area contributed by atoms with E-state index in [9.17, 15) is 4.79 Å². The Morgan fingerprint density at radius 3 is 2.69 bits per heavy atom. The van der Waals surface area contributed by atoms with Crippen LogP contribution in [0, 0.1) is 0 Å². The highest BCUT2D eigenvalue weighted by Crippen LogP contribution is 1.87. The number of nitrogens with one attached hydrogen (secondary N) is 1. The summed E-state index contributed by atoms with van der Waals surface area (Å²) < 4.78 is 4.75. The number of guanidine groups is 1. The first-order chi connectivity index (χ1) is 6.07. The Labute approximate surface area is 77.3 Å². The van der Waals surface area contributed by atoms with Crippen molar-refractivity contribution in [2.24, 2.45) is 16.5 Å². The molecule has 6 heteroatoms. The zero-order valence-electron chi connectivity index (χ0n) is 7.91. The molecule has 0 saturated heterocycles. The number of carbonyl (C=O) groups is 1. The highest BCUT2D eigenvalue weighted by atomic mass is 16.5. The fourth-order valence-electron chi connectivity index (χ4n) is 0.706. The van der Waals surface area contributed by atoms with Crippen LogP contribution in [0.1, 0.15) is 6.92 Å². The van der Waals surface area contributed by atoms with E-state index >= 15 is 0 Å². The van der Waals surface area contributed by atoms with Crippen LogP contribution < -0.4 is 16.8 Å². The van der Waals surface area contributed by atoms with Gasteiger partial charge in [0.15, 0.2) is 5.96 Å². The van der Waals surface area contributed by atoms with E-state index in [0.717, 1.165) is 0 Å². The summed E-state index contributed by atoms with van der Waals surface area (Å²) in [6.45, 7) is 2.54. The van der Waals surface area contributed by atoms with Crippen molar-refractivity contribution in [1.29, 1.82) is 0 Å². The molecule has 1 unspecified atom stereocenters. The highest BCUT2D eigenvalue weighted by molar-refractivity contribution is 5.85. The predicted molar refractivity (Wildman–Crippen MR) is 50.2 cm³/mol. The Kier molecular flexibility index (Phi) is 5.62. The minimum atomic E-state index is -0.554. The van der Waals surface area contributed by atoms with Gasteiger partial charge in [0.2, 0.25) is 5.91 Å². The van der Waals surface area contributed by atoms with Gasteiger partial charge < -0.3 is 21.5 Å². The molecule has 0 heterocycles. The molecule has 6 nitrogen and oxygen atoms in total. The van der Waals surface area contributed by atoms with Crippen LogP contribution in [-0.4, -0.2) is 38.2 Å². The Morgan fingerprint density at radius 2 is 2.23 bits per heavy atom. The van der Waals surface area contributed by atoms with Crippen molar-refractivity contribution in [3.05, 3.63) is 0 Å². The van der Waals surface area contributed by atoms with Gasteiger partial charge in [-0.25, -0.2) is 4.99 Å². The van der Waals surface area contributed by atoms with Gasteiger partial charge in [-0.15, -0.1) is 0 Å². The van der Waals surface area contributed by atoms with Crippen LogP contribution in [-0.2, 0) is 9.53 Å². The lowest BCUT2D eigenvalue weighted by atomic mass is 10.3. The zero-order valence-corrected chi connectivity index (χ0v) is 7.91. The Bertz CT molecular complexity index is 189. The van der Waals surface area contributed by atoms with Crippen LogP contribution in [0.2, 0.25) is 0 Å². The molecule has 0 aromatic rings. The van der Waals surface area contributed by atoms with Crippen molar-refractivity contribution in [2.45, 2.75) is 13.0 Å². The maximum atomic E-state index is 11.2. The van der Waals surface area contributed by atoms with Crippen molar-refractivity contribution < 1.29 is 9.53 Å². The monoisotopic (exact) mass is 188 g/mol. The summed E-state index contributed by atoms with van der Waals surface area (Å²) in [5, 5.41) is 2.61. The Hall–Kier alpha value is -1.30. The van der Waals surface area contributed by atoms with Crippen LogP contribution in [0.5, 0.6) is 0 Å². The van der Waals surface area contributed by atoms with Crippen LogP contribution >= 0.6 is 0 Å². The van der Waals surface area contributed by atoms with Gasteiger partial charge in [0.05, 0.1) is 6.61 Å². The minimum absolute atomic E-state index is 0.0885. The molecular weight excluding hydrogens is 172 g/mol. The lowest BCUT2D eigenvalue weighted by molar-refractivity contribution is -0.122. The first-order valence-electron chi connectivity index (χ1n) is 3.93. The molecule has 0 saturated carbocycles. The largest absolute Gasteiger partial charge is 0.383 e. The summed E-state index contributed by atoms with van der Waals surface area (Å²) >= 11 is 0. The molecule has 13 heavy (non-hydrogen) atoms. The van der Waals surface area contributed by atoms with E-state index in [0.29, 0.717) is 13.2 Å². The highest BCUT2D eigenvalue weighted by Gasteiger charge is 2.09. The quantitative estimate of drug-likeness (QED) is 0.275. The van der Waals surface area contributed by atoms with Gasteiger partial charge in [-0.1, -0.05) is 0 Å². The molecule has 0 aromatic heterocycles. The minimum Gasteiger partial charge on any atom is -0.383 e. The number of rotatable bonds is 5. The van der Waals surface area contributed by atoms with Crippen LogP contribution in [0.3, 0.4) is 0 Å². The van der Waals surface area contributed by atoms with Gasteiger partial charge in [-0.3, -0.25) is 4.79 Å². The molecule has 0 fully saturated rings. The first-order valence-corrected chi connectivity index (χ1v) is 3.93. The van der Waals surface area contributed by atoms with Crippen LogP contribution in [0.4, 0.5) is 0 Å². The van der Waals surface area contributed by atoms with Crippen molar-refractivity contribution in [3.8, 4) is 0 Å². The van der Waals surface area contributed by atoms with E-state index in [1.807, 2.05) is 0 Å². The van der Waals surface area contributed by atoms with E-state index in [1.54, 1.807) is 14.0 Å².